The summed E-state index contributed by atoms with van der Waals surface area (Å²) in [5, 5.41) is 5.87. The van der Waals surface area contributed by atoms with Crippen molar-refractivity contribution < 1.29 is 23.5 Å². The molecule has 1 aromatic rings. The van der Waals surface area contributed by atoms with E-state index >= 15 is 0 Å². The van der Waals surface area contributed by atoms with E-state index in [4.69, 9.17) is 9.15 Å². The van der Waals surface area contributed by atoms with Gasteiger partial charge in [0.05, 0.1) is 12.9 Å². The molecular weight excluding hydrogens is 374 g/mol. The normalized spacial score (nSPS) is 19.1. The molecule has 1 saturated carbocycles. The summed E-state index contributed by atoms with van der Waals surface area (Å²) < 4.78 is 10.2. The monoisotopic (exact) mass is 405 g/mol. The van der Waals surface area contributed by atoms with Crippen LogP contribution in [0.5, 0.6) is 0 Å². The second kappa shape index (κ2) is 10.4. The number of methoxy groups -OCH3 is 1. The van der Waals surface area contributed by atoms with Crippen LogP contribution in [0.2, 0.25) is 0 Å². The lowest BCUT2D eigenvalue weighted by atomic mass is 9.88. The third kappa shape index (κ3) is 5.59. The van der Waals surface area contributed by atoms with Crippen LogP contribution in [0.25, 0.3) is 0 Å². The van der Waals surface area contributed by atoms with Crippen molar-refractivity contribution in [1.82, 2.24) is 15.5 Å². The molecule has 2 aliphatic rings. The second-order valence-corrected chi connectivity index (χ2v) is 7.86. The molecule has 0 bridgehead atoms. The number of nitrogens with zero attached hydrogens (tertiary/aromatic N) is 1. The van der Waals surface area contributed by atoms with Crippen LogP contribution in [-0.4, -0.2) is 62.0 Å². The highest BCUT2D eigenvalue weighted by atomic mass is 16.5. The molecule has 8 nitrogen and oxygen atoms in total. The van der Waals surface area contributed by atoms with E-state index in [0.29, 0.717) is 44.8 Å². The Bertz CT molecular complexity index is 676. The van der Waals surface area contributed by atoms with E-state index in [1.54, 1.807) is 24.1 Å². The van der Waals surface area contributed by atoms with Crippen molar-refractivity contribution in [1.29, 1.82) is 0 Å². The van der Waals surface area contributed by atoms with Crippen molar-refractivity contribution in [2.24, 2.45) is 11.8 Å². The number of hydrogen-bond donors (Lipinski definition) is 2. The van der Waals surface area contributed by atoms with E-state index in [-0.39, 0.29) is 29.6 Å². The number of carbonyl (C=O) groups is 3. The smallest absolute Gasteiger partial charge is 0.289 e. The maximum Gasteiger partial charge on any atom is 0.289 e. The van der Waals surface area contributed by atoms with Crippen LogP contribution < -0.4 is 10.6 Å². The summed E-state index contributed by atoms with van der Waals surface area (Å²) in [6, 6.07) is 2.77. The maximum absolute atomic E-state index is 12.8. The minimum atomic E-state index is -0.583. The number of nitrogens with one attached hydrogen (secondary N) is 2. The SMILES string of the molecule is COCCNC(=O)[C@@H](NC(=O)C1CCCC1)C1CCN(C(=O)c2ccco2)CC1. The largest absolute Gasteiger partial charge is 0.459 e. The molecule has 1 saturated heterocycles. The quantitative estimate of drug-likeness (QED) is 0.640. The predicted octanol–water partition coefficient (Wildman–Crippen LogP) is 1.57. The lowest BCUT2D eigenvalue weighted by Gasteiger charge is -2.35. The van der Waals surface area contributed by atoms with Crippen LogP contribution in [0.15, 0.2) is 22.8 Å². The molecule has 29 heavy (non-hydrogen) atoms. The molecule has 3 amide bonds. The Morgan fingerprint density at radius 2 is 1.93 bits per heavy atom. The maximum atomic E-state index is 12.8. The van der Waals surface area contributed by atoms with Gasteiger partial charge in [0.25, 0.3) is 5.91 Å². The van der Waals surface area contributed by atoms with Crippen molar-refractivity contribution in [3.63, 3.8) is 0 Å². The number of ether oxygens (including phenoxy) is 1. The first-order chi connectivity index (χ1) is 14.1. The van der Waals surface area contributed by atoms with Gasteiger partial charge in [0.2, 0.25) is 11.8 Å². The van der Waals surface area contributed by atoms with Gasteiger partial charge in [-0.2, -0.15) is 0 Å². The minimum Gasteiger partial charge on any atom is -0.459 e. The van der Waals surface area contributed by atoms with Crippen LogP contribution in [0.1, 0.15) is 49.1 Å². The number of piperidine rings is 1. The molecule has 1 aliphatic carbocycles. The van der Waals surface area contributed by atoms with Gasteiger partial charge in [-0.3, -0.25) is 14.4 Å². The number of carbonyl (C=O) groups excluding carboxylic acids is 3. The molecule has 160 valence electrons. The van der Waals surface area contributed by atoms with Gasteiger partial charge < -0.3 is 24.7 Å². The molecule has 1 aliphatic heterocycles. The summed E-state index contributed by atoms with van der Waals surface area (Å²) in [6.07, 6.45) is 6.70. The summed E-state index contributed by atoms with van der Waals surface area (Å²) >= 11 is 0. The Morgan fingerprint density at radius 1 is 1.21 bits per heavy atom. The average Bonchev–Trinajstić information content (AvgIpc) is 3.46. The van der Waals surface area contributed by atoms with Crippen LogP contribution in [0.3, 0.4) is 0 Å². The molecule has 1 aromatic heterocycles. The molecule has 3 rings (SSSR count). The lowest BCUT2D eigenvalue weighted by molar-refractivity contribution is -0.132. The summed E-state index contributed by atoms with van der Waals surface area (Å²) in [7, 11) is 1.58. The van der Waals surface area contributed by atoms with Gasteiger partial charge >= 0.3 is 0 Å². The van der Waals surface area contributed by atoms with Crippen molar-refractivity contribution in [2.45, 2.75) is 44.6 Å². The third-order valence-electron chi connectivity index (χ3n) is 5.94. The topological polar surface area (TPSA) is 101 Å². The van der Waals surface area contributed by atoms with Gasteiger partial charge in [0.1, 0.15) is 6.04 Å². The van der Waals surface area contributed by atoms with Gasteiger partial charge in [0, 0.05) is 32.7 Å². The molecule has 2 N–H and O–H groups in total. The predicted molar refractivity (Wildman–Crippen MR) is 106 cm³/mol. The first-order valence-electron chi connectivity index (χ1n) is 10.5. The Hall–Kier alpha value is -2.35. The van der Waals surface area contributed by atoms with Crippen LogP contribution >= 0.6 is 0 Å². The minimum absolute atomic E-state index is 0.00453. The van der Waals surface area contributed by atoms with E-state index in [1.165, 1.54) is 6.26 Å². The summed E-state index contributed by atoms with van der Waals surface area (Å²) in [4.78, 5) is 39.7. The number of hydrogen-bond acceptors (Lipinski definition) is 5. The van der Waals surface area contributed by atoms with Crippen molar-refractivity contribution in [3.8, 4) is 0 Å². The fraction of sp³-hybridized carbons (Fsp3) is 0.667. The first-order valence-corrected chi connectivity index (χ1v) is 10.5. The molecule has 0 spiro atoms. The third-order valence-corrected chi connectivity index (χ3v) is 5.94. The van der Waals surface area contributed by atoms with Gasteiger partial charge in [-0.1, -0.05) is 12.8 Å². The van der Waals surface area contributed by atoms with Crippen molar-refractivity contribution in [3.05, 3.63) is 24.2 Å². The van der Waals surface area contributed by atoms with Gasteiger partial charge in [0.15, 0.2) is 5.76 Å². The Labute approximate surface area is 171 Å². The number of amides is 3. The van der Waals surface area contributed by atoms with Gasteiger partial charge in [-0.15, -0.1) is 0 Å². The highest BCUT2D eigenvalue weighted by Gasteiger charge is 2.35. The standard InChI is InChI=1S/C21H31N3O5/c1-28-14-10-22-20(26)18(23-19(25)16-5-2-3-6-16)15-8-11-24(12-9-15)21(27)17-7-4-13-29-17/h4,7,13,15-16,18H,2-3,5-6,8-12,14H2,1H3,(H,22,26)(H,23,25)/t18-/m0/s1. The summed E-state index contributed by atoms with van der Waals surface area (Å²) in [6.45, 7) is 1.89. The van der Waals surface area contributed by atoms with Gasteiger partial charge in [-0.05, 0) is 43.7 Å². The average molecular weight is 405 g/mol. The molecule has 2 fully saturated rings. The summed E-state index contributed by atoms with van der Waals surface area (Å²) in [5.41, 5.74) is 0. The number of rotatable bonds is 8. The highest BCUT2D eigenvalue weighted by molar-refractivity contribution is 5.91. The Kier molecular flexibility index (Phi) is 7.69. The van der Waals surface area contributed by atoms with Crippen molar-refractivity contribution in [2.75, 3.05) is 33.4 Å². The highest BCUT2D eigenvalue weighted by Crippen LogP contribution is 2.27. The van der Waals surface area contributed by atoms with E-state index in [2.05, 4.69) is 10.6 Å². The Balaban J connectivity index is 1.60. The fourth-order valence-corrected chi connectivity index (χ4v) is 4.23. The molecule has 0 radical (unpaired) electrons. The van der Waals surface area contributed by atoms with Crippen LogP contribution in [0.4, 0.5) is 0 Å². The second-order valence-electron chi connectivity index (χ2n) is 7.86. The zero-order valence-corrected chi connectivity index (χ0v) is 17.0. The lowest BCUT2D eigenvalue weighted by Crippen LogP contribution is -2.55. The molecule has 2 heterocycles. The first kappa shape index (κ1) is 21.4. The van der Waals surface area contributed by atoms with E-state index in [0.717, 1.165) is 25.7 Å². The summed E-state index contributed by atoms with van der Waals surface area (Å²) in [5.74, 6) is -0.0162. The number of likely N-dealkylation sites (tertiary alicyclic amines) is 1. The molecular formula is C21H31N3O5. The van der Waals surface area contributed by atoms with Crippen LogP contribution in [0, 0.1) is 11.8 Å². The molecule has 1 atom stereocenters. The molecule has 0 aromatic carbocycles. The molecule has 8 heteroatoms. The zero-order chi connectivity index (χ0) is 20.6. The fourth-order valence-electron chi connectivity index (χ4n) is 4.23. The van der Waals surface area contributed by atoms with E-state index in [1.807, 2.05) is 0 Å². The zero-order valence-electron chi connectivity index (χ0n) is 17.0. The van der Waals surface area contributed by atoms with Crippen molar-refractivity contribution >= 4 is 17.7 Å². The van der Waals surface area contributed by atoms with E-state index < -0.39 is 6.04 Å². The van der Waals surface area contributed by atoms with E-state index in [9.17, 15) is 14.4 Å². The van der Waals surface area contributed by atoms with Crippen LogP contribution in [-0.2, 0) is 14.3 Å². The van der Waals surface area contributed by atoms with Gasteiger partial charge in [-0.25, -0.2) is 0 Å². The Morgan fingerprint density at radius 3 is 2.55 bits per heavy atom. The molecule has 0 unspecified atom stereocenters. The number of furan rings is 1.